The fraction of sp³-hybridized carbons (Fsp3) is 0.727. The molecule has 0 saturated carbocycles. The minimum absolute atomic E-state index is 0.0857. The summed E-state index contributed by atoms with van der Waals surface area (Å²) in [7, 11) is 0.985. The summed E-state index contributed by atoms with van der Waals surface area (Å²) < 4.78 is 237. The second-order valence-electron chi connectivity index (χ2n) is 10.4. The van der Waals surface area contributed by atoms with Crippen molar-refractivity contribution in [1.29, 1.82) is 0 Å². The van der Waals surface area contributed by atoms with E-state index in [9.17, 15) is 74.6 Å². The van der Waals surface area contributed by atoms with Crippen LogP contribution in [0.5, 0.6) is 5.75 Å². The minimum Gasteiger partial charge on any atom is -0.165 e. The average molecular weight is 745 g/mol. The molecule has 0 saturated heterocycles. The predicted octanol–water partition coefficient (Wildman–Crippen LogP) is 9.91. The molecule has 1 aromatic carbocycles. The average Bonchev–Trinajstić information content (AvgIpc) is 2.79. The Kier molecular flexibility index (Phi) is 10.4. The van der Waals surface area contributed by atoms with Crippen molar-refractivity contribution in [2.75, 3.05) is 7.11 Å². The molecule has 0 aliphatic heterocycles. The SMILES string of the molecule is COc1ccccc1C(C[CH2][Sn]([CH3])([CH3])[CH3])CC(F)(F)C(F)(F)C(F)(F)C(F)(F)C(F)(F)C(F)(F)C(F)(F)C(F)(F)F. The molecule has 0 aliphatic rings. The second-order valence-corrected chi connectivity index (χ2v) is 26.4. The number of hydrogen-bond donors (Lipinski definition) is 0. The van der Waals surface area contributed by atoms with E-state index in [1.165, 1.54) is 6.07 Å². The minimum atomic E-state index is -8.63. The number of alkyl halides is 17. The molecule has 0 aromatic heterocycles. The van der Waals surface area contributed by atoms with E-state index in [1.54, 1.807) is 14.8 Å². The number of rotatable bonds is 13. The summed E-state index contributed by atoms with van der Waals surface area (Å²) in [5, 5.41) is 0. The first-order chi connectivity index (χ1) is 17.9. The van der Waals surface area contributed by atoms with Gasteiger partial charge in [0.1, 0.15) is 0 Å². The Morgan fingerprint density at radius 3 is 1.39 bits per heavy atom. The van der Waals surface area contributed by atoms with Gasteiger partial charge in [-0.3, -0.25) is 0 Å². The Hall–Kier alpha value is -1.37. The van der Waals surface area contributed by atoms with Crippen LogP contribution in [-0.2, 0) is 0 Å². The van der Waals surface area contributed by atoms with Crippen molar-refractivity contribution >= 4 is 18.4 Å². The molecule has 0 fully saturated rings. The zero-order valence-corrected chi connectivity index (χ0v) is 24.2. The Morgan fingerprint density at radius 2 is 1.00 bits per heavy atom. The predicted molar refractivity (Wildman–Crippen MR) is 114 cm³/mol. The molecule has 1 rings (SSSR count). The van der Waals surface area contributed by atoms with Crippen LogP contribution in [0.3, 0.4) is 0 Å². The summed E-state index contributed by atoms with van der Waals surface area (Å²) in [6, 6.07) is 4.55. The molecule has 0 aliphatic carbocycles. The zero-order valence-electron chi connectivity index (χ0n) is 21.3. The quantitative estimate of drug-likeness (QED) is 0.144. The van der Waals surface area contributed by atoms with Crippen LogP contribution in [0, 0.1) is 0 Å². The van der Waals surface area contributed by atoms with Gasteiger partial charge in [-0.1, -0.05) is 0 Å². The number of ether oxygens (including phenoxy) is 1. The van der Waals surface area contributed by atoms with Crippen LogP contribution in [0.1, 0.15) is 24.3 Å². The number of benzene rings is 1. The van der Waals surface area contributed by atoms with Gasteiger partial charge in [0.25, 0.3) is 0 Å². The third-order valence-electron chi connectivity index (χ3n) is 6.11. The molecular formula is C22H23F17OSn. The molecule has 1 aromatic rings. The van der Waals surface area contributed by atoms with Crippen LogP contribution < -0.4 is 4.74 Å². The molecule has 0 amide bonds. The molecular weight excluding hydrogens is 722 g/mol. The van der Waals surface area contributed by atoms with Gasteiger partial charge < -0.3 is 0 Å². The smallest absolute Gasteiger partial charge is 0.165 e. The van der Waals surface area contributed by atoms with Crippen molar-refractivity contribution in [3.8, 4) is 5.75 Å². The van der Waals surface area contributed by atoms with E-state index in [2.05, 4.69) is 0 Å². The first-order valence-electron chi connectivity index (χ1n) is 11.2. The standard InChI is InChI=1S/C19H14F17O.3CH3.Sn/c1-3-9(10-6-4-5-7-11(10)37-2)8-12(20,21)13(22,23)14(24,25)15(26,27)16(28,29)17(30,31)18(32,33)19(34,35)36;;;;/h4-7,9H,1,3,8H2,2H3;3*1H3;. The molecule has 19 heteroatoms. The normalized spacial score (nSPS) is 16.1. The van der Waals surface area contributed by atoms with E-state index >= 15 is 0 Å². The number of hydrogen-bond acceptors (Lipinski definition) is 1. The van der Waals surface area contributed by atoms with Crippen molar-refractivity contribution in [3.05, 3.63) is 29.8 Å². The molecule has 1 unspecified atom stereocenters. The second kappa shape index (κ2) is 11.3. The topological polar surface area (TPSA) is 9.23 Å². The van der Waals surface area contributed by atoms with Gasteiger partial charge in [0.15, 0.2) is 0 Å². The van der Waals surface area contributed by atoms with Crippen LogP contribution in [0.15, 0.2) is 24.3 Å². The zero-order chi connectivity index (χ0) is 32.9. The van der Waals surface area contributed by atoms with Crippen molar-refractivity contribution in [1.82, 2.24) is 0 Å². The summed E-state index contributed by atoms with van der Waals surface area (Å²) in [6.07, 6.45) is -10.7. The van der Waals surface area contributed by atoms with Crippen molar-refractivity contribution in [2.24, 2.45) is 0 Å². The number of methoxy groups -OCH3 is 1. The van der Waals surface area contributed by atoms with Gasteiger partial charge in [-0.2, -0.15) is 13.2 Å². The van der Waals surface area contributed by atoms with Crippen LogP contribution in [0.4, 0.5) is 74.6 Å². The first kappa shape index (κ1) is 37.7. The Bertz CT molecular complexity index is 1040. The van der Waals surface area contributed by atoms with E-state index in [4.69, 9.17) is 4.74 Å². The molecule has 1 atom stereocenters. The molecule has 240 valence electrons. The maximum absolute atomic E-state index is 14.8. The van der Waals surface area contributed by atoms with E-state index in [1.807, 2.05) is 0 Å². The van der Waals surface area contributed by atoms with Gasteiger partial charge >= 0.3 is 213 Å². The van der Waals surface area contributed by atoms with Crippen LogP contribution in [0.25, 0.3) is 0 Å². The van der Waals surface area contributed by atoms with Crippen molar-refractivity contribution in [3.63, 3.8) is 0 Å². The van der Waals surface area contributed by atoms with Crippen LogP contribution in [-0.4, -0.2) is 73.1 Å². The van der Waals surface area contributed by atoms with Gasteiger partial charge in [0.2, 0.25) is 0 Å². The number of halogens is 17. The monoisotopic (exact) mass is 746 g/mol. The molecule has 0 bridgehead atoms. The van der Waals surface area contributed by atoms with Gasteiger partial charge in [0, 0.05) is 0 Å². The van der Waals surface area contributed by atoms with Crippen molar-refractivity contribution < 1.29 is 79.4 Å². The summed E-state index contributed by atoms with van der Waals surface area (Å²) in [6.45, 7) is 0. The number of para-hydroxylation sites is 1. The van der Waals surface area contributed by atoms with E-state index in [0.29, 0.717) is 0 Å². The molecule has 41 heavy (non-hydrogen) atoms. The van der Waals surface area contributed by atoms with Gasteiger partial charge in [-0.15, -0.1) is 0 Å². The van der Waals surface area contributed by atoms with Crippen LogP contribution >= 0.6 is 0 Å². The van der Waals surface area contributed by atoms with Gasteiger partial charge in [-0.05, 0) is 0 Å². The Labute approximate surface area is 226 Å². The molecule has 0 spiro atoms. The molecule has 0 heterocycles. The Balaban J connectivity index is 3.70. The molecule has 0 N–H and O–H groups in total. The summed E-state index contributed by atoms with van der Waals surface area (Å²) in [5.74, 6) is -58.5. The van der Waals surface area contributed by atoms with Gasteiger partial charge in [0.05, 0.1) is 0 Å². The third kappa shape index (κ3) is 6.45. The fourth-order valence-corrected chi connectivity index (χ4v) is 7.08. The summed E-state index contributed by atoms with van der Waals surface area (Å²) in [4.78, 5) is 5.19. The van der Waals surface area contributed by atoms with Crippen LogP contribution in [0.2, 0.25) is 19.3 Å². The molecule has 0 radical (unpaired) electrons. The van der Waals surface area contributed by atoms with E-state index in [0.717, 1.165) is 25.3 Å². The third-order valence-corrected chi connectivity index (χ3v) is 11.2. The van der Waals surface area contributed by atoms with E-state index in [-0.39, 0.29) is 15.7 Å². The maximum atomic E-state index is 14.8. The Morgan fingerprint density at radius 1 is 0.610 bits per heavy atom. The van der Waals surface area contributed by atoms with E-state index < -0.39 is 84.8 Å². The van der Waals surface area contributed by atoms with Gasteiger partial charge in [-0.25, -0.2) is 0 Å². The molecule has 1 nitrogen and oxygen atoms in total. The first-order valence-corrected chi connectivity index (χ1v) is 21.8. The summed E-state index contributed by atoms with van der Waals surface area (Å²) in [5.41, 5.74) is -0.335. The van der Waals surface area contributed by atoms with Crippen molar-refractivity contribution in [2.45, 2.75) is 85.6 Å². The summed E-state index contributed by atoms with van der Waals surface area (Å²) >= 11 is -3.00. The fourth-order valence-electron chi connectivity index (χ4n) is 3.61.